The van der Waals surface area contributed by atoms with E-state index in [1.54, 1.807) is 0 Å². The number of rotatable bonds is 12. The minimum Gasteiger partial charge on any atom is -0.352 e. The number of aromatic nitrogens is 2. The van der Waals surface area contributed by atoms with Crippen LogP contribution in [-0.4, -0.2) is 22.0 Å². The number of imidazole rings is 1. The van der Waals surface area contributed by atoms with E-state index in [0.29, 0.717) is 12.1 Å². The summed E-state index contributed by atoms with van der Waals surface area (Å²) in [5.74, 6) is 1.00. The van der Waals surface area contributed by atoms with E-state index >= 15 is 0 Å². The number of nitrogens with zero attached hydrogens (tertiary/aromatic N) is 2. The maximum atomic E-state index is 12.4. The second-order valence-corrected chi connectivity index (χ2v) is 8.72. The first-order valence-corrected chi connectivity index (χ1v) is 12.0. The van der Waals surface area contributed by atoms with Gasteiger partial charge in [-0.15, -0.1) is 0 Å². The molecule has 0 bridgehead atoms. The molecule has 1 aromatic heterocycles. The zero-order valence-electron chi connectivity index (χ0n) is 17.9. The Bertz CT molecular complexity index is 950. The Morgan fingerprint density at radius 2 is 1.77 bits per heavy atom. The molecule has 4 nitrogen and oxygen atoms in total. The monoisotopic (exact) mass is 469 g/mol. The summed E-state index contributed by atoms with van der Waals surface area (Å²) >= 11 is 3.42. The molecule has 0 spiro atoms. The van der Waals surface area contributed by atoms with Crippen molar-refractivity contribution in [2.24, 2.45) is 0 Å². The summed E-state index contributed by atoms with van der Waals surface area (Å²) in [7, 11) is 0. The minimum atomic E-state index is -0.0500. The predicted octanol–water partition coefficient (Wildman–Crippen LogP) is 6.52. The Balaban J connectivity index is 1.56. The van der Waals surface area contributed by atoms with E-state index in [1.807, 2.05) is 30.3 Å². The van der Waals surface area contributed by atoms with E-state index < -0.39 is 0 Å². The van der Waals surface area contributed by atoms with Crippen LogP contribution < -0.4 is 5.32 Å². The summed E-state index contributed by atoms with van der Waals surface area (Å²) in [6.45, 7) is 3.82. The van der Waals surface area contributed by atoms with Crippen LogP contribution >= 0.6 is 15.9 Å². The third-order valence-electron chi connectivity index (χ3n) is 5.44. The molecular weight excluding hydrogens is 438 g/mol. The van der Waals surface area contributed by atoms with Gasteiger partial charge in [-0.1, -0.05) is 79.6 Å². The molecule has 160 valence electrons. The summed E-state index contributed by atoms with van der Waals surface area (Å²) in [6, 6.07) is 15.8. The number of carbonyl (C=O) groups is 1. The van der Waals surface area contributed by atoms with E-state index in [4.69, 9.17) is 4.98 Å². The molecule has 0 aliphatic carbocycles. The molecule has 1 amide bonds. The molecule has 0 aliphatic heterocycles. The molecule has 0 aliphatic rings. The molecule has 1 heterocycles. The van der Waals surface area contributed by atoms with Gasteiger partial charge in [0.1, 0.15) is 5.82 Å². The van der Waals surface area contributed by atoms with Crippen LogP contribution in [0.3, 0.4) is 0 Å². The van der Waals surface area contributed by atoms with Crippen molar-refractivity contribution in [3.63, 3.8) is 0 Å². The Hall–Kier alpha value is -2.14. The second-order valence-electron chi connectivity index (χ2n) is 7.81. The van der Waals surface area contributed by atoms with Gasteiger partial charge in [-0.2, -0.15) is 0 Å². The molecule has 0 fully saturated rings. The largest absolute Gasteiger partial charge is 0.352 e. The van der Waals surface area contributed by atoms with Crippen molar-refractivity contribution >= 4 is 32.9 Å². The first-order chi connectivity index (χ1) is 14.7. The lowest BCUT2D eigenvalue weighted by Gasteiger charge is -2.10. The first-order valence-electron chi connectivity index (χ1n) is 11.2. The predicted molar refractivity (Wildman–Crippen MR) is 128 cm³/mol. The molecule has 5 heteroatoms. The van der Waals surface area contributed by atoms with Crippen LogP contribution in [0.25, 0.3) is 11.0 Å². The zero-order valence-corrected chi connectivity index (χ0v) is 19.5. The van der Waals surface area contributed by atoms with Crippen LogP contribution in [0.15, 0.2) is 53.0 Å². The number of aryl methyl sites for hydroxylation is 1. The molecule has 0 saturated heterocycles. The lowest BCUT2D eigenvalue weighted by Crippen LogP contribution is -2.26. The van der Waals surface area contributed by atoms with Gasteiger partial charge in [-0.25, -0.2) is 4.98 Å². The normalized spacial score (nSPS) is 11.1. The molecule has 0 unspecified atom stereocenters. The maximum absolute atomic E-state index is 12.4. The quantitative estimate of drug-likeness (QED) is 0.306. The van der Waals surface area contributed by atoms with Crippen LogP contribution in [0.4, 0.5) is 0 Å². The molecule has 3 aromatic rings. The molecule has 3 rings (SSSR count). The van der Waals surface area contributed by atoms with Gasteiger partial charge in [-0.05, 0) is 36.8 Å². The number of benzene rings is 2. The fraction of sp³-hybridized carbons (Fsp3) is 0.440. The third-order valence-corrected chi connectivity index (χ3v) is 5.93. The lowest BCUT2D eigenvalue weighted by molar-refractivity contribution is 0.0954. The number of unbranched alkanes of at least 4 members (excludes halogenated alkanes) is 6. The van der Waals surface area contributed by atoms with Gasteiger partial charge in [0, 0.05) is 29.5 Å². The Morgan fingerprint density at radius 3 is 2.57 bits per heavy atom. The standard InChI is InChI=1S/C25H32BrN3O/c1-2-3-4-5-6-7-10-18-29-23-15-9-8-14-22(23)28-24(29)16-17-27-25(30)20-12-11-13-21(26)19-20/h8-9,11-15,19H,2-7,10,16-18H2,1H3,(H,27,30). The van der Waals surface area contributed by atoms with Crippen LogP contribution in [0.5, 0.6) is 0 Å². The number of nitrogens with one attached hydrogen (secondary N) is 1. The number of halogens is 1. The smallest absolute Gasteiger partial charge is 0.251 e. The molecule has 2 aromatic carbocycles. The van der Waals surface area contributed by atoms with Gasteiger partial charge < -0.3 is 9.88 Å². The van der Waals surface area contributed by atoms with Gasteiger partial charge >= 0.3 is 0 Å². The zero-order chi connectivity index (χ0) is 21.2. The van der Waals surface area contributed by atoms with Crippen LogP contribution in [0, 0.1) is 0 Å². The summed E-state index contributed by atoms with van der Waals surface area (Å²) < 4.78 is 3.25. The van der Waals surface area contributed by atoms with E-state index in [1.165, 1.54) is 50.5 Å². The van der Waals surface area contributed by atoms with Crippen molar-refractivity contribution in [1.29, 1.82) is 0 Å². The number of amides is 1. The lowest BCUT2D eigenvalue weighted by atomic mass is 10.1. The van der Waals surface area contributed by atoms with Crippen molar-refractivity contribution in [2.45, 2.75) is 64.8 Å². The molecule has 0 atom stereocenters. The highest BCUT2D eigenvalue weighted by atomic mass is 79.9. The van der Waals surface area contributed by atoms with Crippen molar-refractivity contribution in [3.05, 3.63) is 64.4 Å². The van der Waals surface area contributed by atoms with Crippen molar-refractivity contribution < 1.29 is 4.79 Å². The van der Waals surface area contributed by atoms with Gasteiger partial charge in [0.15, 0.2) is 0 Å². The van der Waals surface area contributed by atoms with Crippen LogP contribution in [-0.2, 0) is 13.0 Å². The van der Waals surface area contributed by atoms with Crippen molar-refractivity contribution in [3.8, 4) is 0 Å². The SMILES string of the molecule is CCCCCCCCCn1c(CCNC(=O)c2cccc(Br)c2)nc2ccccc21. The van der Waals surface area contributed by atoms with E-state index in [9.17, 15) is 4.79 Å². The Kier molecular flexibility index (Phi) is 8.94. The van der Waals surface area contributed by atoms with E-state index in [0.717, 1.165) is 28.8 Å². The van der Waals surface area contributed by atoms with E-state index in [-0.39, 0.29) is 5.91 Å². The molecule has 30 heavy (non-hydrogen) atoms. The van der Waals surface area contributed by atoms with E-state index in [2.05, 4.69) is 50.9 Å². The van der Waals surface area contributed by atoms with Gasteiger partial charge in [0.2, 0.25) is 0 Å². The molecular formula is C25H32BrN3O. The van der Waals surface area contributed by atoms with Gasteiger partial charge in [0.25, 0.3) is 5.91 Å². The summed E-state index contributed by atoms with van der Waals surface area (Å²) in [5.41, 5.74) is 2.89. The minimum absolute atomic E-state index is 0.0500. The van der Waals surface area contributed by atoms with Crippen molar-refractivity contribution in [2.75, 3.05) is 6.54 Å². The Morgan fingerprint density at radius 1 is 1.00 bits per heavy atom. The number of carbonyl (C=O) groups excluding carboxylic acids is 1. The first kappa shape index (κ1) is 22.5. The average molecular weight is 470 g/mol. The van der Waals surface area contributed by atoms with Crippen LogP contribution in [0.1, 0.15) is 68.1 Å². The second kappa shape index (κ2) is 11.9. The highest BCUT2D eigenvalue weighted by Crippen LogP contribution is 2.18. The summed E-state index contributed by atoms with van der Waals surface area (Å²) in [4.78, 5) is 17.2. The third kappa shape index (κ3) is 6.43. The highest BCUT2D eigenvalue weighted by Gasteiger charge is 2.11. The van der Waals surface area contributed by atoms with Gasteiger partial charge in [0.05, 0.1) is 11.0 Å². The summed E-state index contributed by atoms with van der Waals surface area (Å²) in [6.07, 6.45) is 9.81. The highest BCUT2D eigenvalue weighted by molar-refractivity contribution is 9.10. The number of hydrogen-bond donors (Lipinski definition) is 1. The average Bonchev–Trinajstić information content (AvgIpc) is 3.10. The van der Waals surface area contributed by atoms with Gasteiger partial charge in [-0.3, -0.25) is 4.79 Å². The molecule has 0 saturated carbocycles. The number of para-hydroxylation sites is 2. The van der Waals surface area contributed by atoms with Crippen molar-refractivity contribution in [1.82, 2.24) is 14.9 Å². The Labute approximate surface area is 188 Å². The fourth-order valence-corrected chi connectivity index (χ4v) is 4.21. The topological polar surface area (TPSA) is 46.9 Å². The maximum Gasteiger partial charge on any atom is 0.251 e. The molecule has 1 N–H and O–H groups in total. The van der Waals surface area contributed by atoms with Crippen LogP contribution in [0.2, 0.25) is 0 Å². The number of fused-ring (bicyclic) bond motifs is 1. The fourth-order valence-electron chi connectivity index (χ4n) is 3.81. The summed E-state index contributed by atoms with van der Waals surface area (Å²) in [5, 5.41) is 3.03. The number of hydrogen-bond acceptors (Lipinski definition) is 2. The molecule has 0 radical (unpaired) electrons.